The summed E-state index contributed by atoms with van der Waals surface area (Å²) in [7, 11) is 0. The van der Waals surface area contributed by atoms with Gasteiger partial charge in [-0.25, -0.2) is 15.0 Å². The molecular weight excluding hydrogens is 352 g/mol. The largest absolute Gasteiger partial charge is 0.299 e. The predicted molar refractivity (Wildman–Crippen MR) is 106 cm³/mol. The van der Waals surface area contributed by atoms with Crippen LogP contribution in [0.3, 0.4) is 0 Å². The van der Waals surface area contributed by atoms with Gasteiger partial charge in [0.05, 0.1) is 17.7 Å². The van der Waals surface area contributed by atoms with Crippen molar-refractivity contribution in [2.75, 3.05) is 13.1 Å². The highest BCUT2D eigenvalue weighted by Gasteiger charge is 2.20. The third-order valence-corrected chi connectivity index (χ3v) is 5.24. The molecule has 0 N–H and O–H groups in total. The van der Waals surface area contributed by atoms with Gasteiger partial charge in [-0.3, -0.25) is 19.2 Å². The summed E-state index contributed by atoms with van der Waals surface area (Å²) in [6.07, 6.45) is 9.05. The number of hydrogen-bond acceptors (Lipinski definition) is 6. The summed E-state index contributed by atoms with van der Waals surface area (Å²) in [5.41, 5.74) is 2.67. The van der Waals surface area contributed by atoms with Crippen molar-refractivity contribution in [2.24, 2.45) is 5.92 Å². The summed E-state index contributed by atoms with van der Waals surface area (Å²) in [4.78, 5) is 32.0. The highest BCUT2D eigenvalue weighted by Crippen LogP contribution is 2.20. The maximum absolute atomic E-state index is 12.5. The molecule has 4 heterocycles. The van der Waals surface area contributed by atoms with Gasteiger partial charge in [-0.1, -0.05) is 0 Å². The minimum atomic E-state index is 0.000651. The van der Waals surface area contributed by atoms with E-state index in [4.69, 9.17) is 0 Å². The van der Waals surface area contributed by atoms with Crippen LogP contribution in [0.25, 0.3) is 11.3 Å². The Labute approximate surface area is 164 Å². The van der Waals surface area contributed by atoms with Gasteiger partial charge >= 0.3 is 0 Å². The standard InChI is InChI=1S/C21H24N6O/c1-16-23-9-4-19(25-16)14-26-10-5-17(6-11-26)13-27-15-24-20(12-21(27)28)18-2-7-22-8-3-18/h2-4,7-9,12,15,17H,5-6,10-11,13-14H2,1H3. The van der Waals surface area contributed by atoms with Crippen LogP contribution < -0.4 is 5.56 Å². The molecule has 1 aliphatic rings. The molecule has 1 saturated heterocycles. The van der Waals surface area contributed by atoms with Gasteiger partial charge in [-0.15, -0.1) is 0 Å². The lowest BCUT2D eigenvalue weighted by Gasteiger charge is -2.31. The van der Waals surface area contributed by atoms with E-state index >= 15 is 0 Å². The summed E-state index contributed by atoms with van der Waals surface area (Å²) in [6.45, 7) is 5.54. The predicted octanol–water partition coefficient (Wildman–Crippen LogP) is 2.32. The first-order valence-electron chi connectivity index (χ1n) is 9.65. The average molecular weight is 376 g/mol. The lowest BCUT2D eigenvalue weighted by atomic mass is 9.96. The van der Waals surface area contributed by atoms with Gasteiger partial charge < -0.3 is 0 Å². The molecule has 0 spiro atoms. The van der Waals surface area contributed by atoms with Gasteiger partial charge in [0.2, 0.25) is 0 Å². The number of pyridine rings is 1. The third kappa shape index (κ3) is 4.48. The third-order valence-electron chi connectivity index (χ3n) is 5.24. The van der Waals surface area contributed by atoms with Crippen LogP contribution in [0.2, 0.25) is 0 Å². The second-order valence-electron chi connectivity index (χ2n) is 7.32. The number of hydrogen-bond donors (Lipinski definition) is 0. The van der Waals surface area contributed by atoms with Crippen LogP contribution in [0.4, 0.5) is 0 Å². The van der Waals surface area contributed by atoms with Crippen LogP contribution in [0.15, 0.2) is 54.0 Å². The molecule has 0 atom stereocenters. The number of aromatic nitrogens is 5. The molecule has 1 aliphatic heterocycles. The first-order valence-corrected chi connectivity index (χ1v) is 9.65. The van der Waals surface area contributed by atoms with Crippen LogP contribution >= 0.6 is 0 Å². The Morgan fingerprint density at radius 1 is 1.07 bits per heavy atom. The number of aryl methyl sites for hydroxylation is 1. The second-order valence-corrected chi connectivity index (χ2v) is 7.32. The Hall–Kier alpha value is -2.93. The zero-order valence-corrected chi connectivity index (χ0v) is 16.0. The molecule has 3 aromatic rings. The molecule has 1 fully saturated rings. The van der Waals surface area contributed by atoms with E-state index in [0.717, 1.165) is 56.1 Å². The van der Waals surface area contributed by atoms with E-state index in [1.54, 1.807) is 29.4 Å². The molecule has 0 radical (unpaired) electrons. The summed E-state index contributed by atoms with van der Waals surface area (Å²) in [5, 5.41) is 0. The van der Waals surface area contributed by atoms with Crippen LogP contribution in [0, 0.1) is 12.8 Å². The van der Waals surface area contributed by atoms with Gasteiger partial charge in [0, 0.05) is 43.3 Å². The molecule has 7 heteroatoms. The van der Waals surface area contributed by atoms with Gasteiger partial charge in [0.1, 0.15) is 5.82 Å². The smallest absolute Gasteiger partial charge is 0.253 e. The minimum Gasteiger partial charge on any atom is -0.299 e. The number of likely N-dealkylation sites (tertiary alicyclic amines) is 1. The quantitative estimate of drug-likeness (QED) is 0.680. The minimum absolute atomic E-state index is 0.000651. The molecule has 28 heavy (non-hydrogen) atoms. The molecular formula is C21H24N6O. The number of rotatable bonds is 5. The molecule has 0 aromatic carbocycles. The SMILES string of the molecule is Cc1nccc(CN2CCC(Cn3cnc(-c4ccncc4)cc3=O)CC2)n1. The zero-order valence-electron chi connectivity index (χ0n) is 16.0. The van der Waals surface area contributed by atoms with E-state index in [1.165, 1.54) is 0 Å². The van der Waals surface area contributed by atoms with E-state index in [0.29, 0.717) is 11.6 Å². The van der Waals surface area contributed by atoms with Crippen molar-refractivity contribution in [3.63, 3.8) is 0 Å². The summed E-state index contributed by atoms with van der Waals surface area (Å²) >= 11 is 0. The monoisotopic (exact) mass is 376 g/mol. The second kappa shape index (κ2) is 8.39. The van der Waals surface area contributed by atoms with E-state index < -0.39 is 0 Å². The molecule has 3 aromatic heterocycles. The molecule has 4 rings (SSSR count). The van der Waals surface area contributed by atoms with Crippen molar-refractivity contribution in [1.82, 2.24) is 29.4 Å². The van der Waals surface area contributed by atoms with Gasteiger partial charge in [-0.2, -0.15) is 0 Å². The van der Waals surface area contributed by atoms with Crippen LogP contribution in [-0.2, 0) is 13.1 Å². The van der Waals surface area contributed by atoms with E-state index in [9.17, 15) is 4.79 Å². The fraction of sp³-hybridized carbons (Fsp3) is 0.381. The van der Waals surface area contributed by atoms with E-state index in [-0.39, 0.29) is 5.56 Å². The Balaban J connectivity index is 1.34. The molecule has 0 aliphatic carbocycles. The lowest BCUT2D eigenvalue weighted by Crippen LogP contribution is -2.36. The first kappa shape index (κ1) is 18.4. The van der Waals surface area contributed by atoms with Crippen LogP contribution in [0.1, 0.15) is 24.4 Å². The highest BCUT2D eigenvalue weighted by atomic mass is 16.1. The molecule has 0 amide bonds. The van der Waals surface area contributed by atoms with Crippen molar-refractivity contribution in [3.8, 4) is 11.3 Å². The van der Waals surface area contributed by atoms with E-state index in [2.05, 4.69) is 24.8 Å². The first-order chi connectivity index (χ1) is 13.7. The van der Waals surface area contributed by atoms with Gasteiger partial charge in [-0.05, 0) is 57.0 Å². The highest BCUT2D eigenvalue weighted by molar-refractivity contribution is 5.57. The summed E-state index contributed by atoms with van der Waals surface area (Å²) in [6, 6.07) is 7.32. The summed E-state index contributed by atoms with van der Waals surface area (Å²) in [5.74, 6) is 1.31. The van der Waals surface area contributed by atoms with Crippen molar-refractivity contribution < 1.29 is 0 Å². The number of nitrogens with zero attached hydrogens (tertiary/aromatic N) is 6. The Bertz CT molecular complexity index is 979. The van der Waals surface area contributed by atoms with E-state index in [1.807, 2.05) is 31.3 Å². The Morgan fingerprint density at radius 3 is 2.57 bits per heavy atom. The topological polar surface area (TPSA) is 76.8 Å². The maximum atomic E-state index is 12.5. The van der Waals surface area contributed by atoms with Crippen LogP contribution in [0.5, 0.6) is 0 Å². The Morgan fingerprint density at radius 2 is 1.86 bits per heavy atom. The van der Waals surface area contributed by atoms with Gasteiger partial charge in [0.15, 0.2) is 0 Å². The van der Waals surface area contributed by atoms with Crippen LogP contribution in [-0.4, -0.2) is 42.5 Å². The zero-order chi connectivity index (χ0) is 19.3. The van der Waals surface area contributed by atoms with Gasteiger partial charge in [0.25, 0.3) is 5.56 Å². The van der Waals surface area contributed by atoms with Crippen molar-refractivity contribution in [1.29, 1.82) is 0 Å². The summed E-state index contributed by atoms with van der Waals surface area (Å²) < 4.78 is 1.73. The Kier molecular flexibility index (Phi) is 5.53. The normalized spacial score (nSPS) is 15.6. The molecule has 144 valence electrons. The fourth-order valence-electron chi connectivity index (χ4n) is 3.67. The van der Waals surface area contributed by atoms with Crippen molar-refractivity contribution in [2.45, 2.75) is 32.9 Å². The van der Waals surface area contributed by atoms with Crippen molar-refractivity contribution >= 4 is 0 Å². The number of piperidine rings is 1. The molecule has 0 saturated carbocycles. The lowest BCUT2D eigenvalue weighted by molar-refractivity contribution is 0.164. The molecule has 0 bridgehead atoms. The molecule has 7 nitrogen and oxygen atoms in total. The fourth-order valence-corrected chi connectivity index (χ4v) is 3.67. The maximum Gasteiger partial charge on any atom is 0.253 e. The van der Waals surface area contributed by atoms with Crippen molar-refractivity contribution in [3.05, 3.63) is 71.1 Å². The molecule has 0 unspecified atom stereocenters. The average Bonchev–Trinajstić information content (AvgIpc) is 2.72.